The number of terminal acetylenes is 1. The van der Waals surface area contributed by atoms with Crippen molar-refractivity contribution in [2.45, 2.75) is 12.3 Å². The van der Waals surface area contributed by atoms with E-state index < -0.39 is 11.4 Å². The summed E-state index contributed by atoms with van der Waals surface area (Å²) in [6.07, 6.45) is 5.75. The van der Waals surface area contributed by atoms with Gasteiger partial charge in [0.1, 0.15) is 7.85 Å². The second-order valence-corrected chi connectivity index (χ2v) is 6.58. The number of carbonyl (C=O) groups excluding carboxylic acids is 1. The van der Waals surface area contributed by atoms with E-state index in [1.54, 1.807) is 12.1 Å². The van der Waals surface area contributed by atoms with Crippen LogP contribution in [-0.4, -0.2) is 37.1 Å². The first-order valence-corrected chi connectivity index (χ1v) is 8.26. The molecule has 2 amide bonds. The van der Waals surface area contributed by atoms with Gasteiger partial charge in [-0.15, -0.1) is 17.8 Å². The summed E-state index contributed by atoms with van der Waals surface area (Å²) in [5.41, 5.74) is 0.463. The highest BCUT2D eigenvalue weighted by Gasteiger charge is 2.31. The summed E-state index contributed by atoms with van der Waals surface area (Å²) < 4.78 is 0.419. The molecule has 1 heterocycles. The highest BCUT2D eigenvalue weighted by atomic mass is 35.5. The van der Waals surface area contributed by atoms with Gasteiger partial charge in [-0.3, -0.25) is 5.32 Å². The molecule has 8 heteroatoms. The number of aromatic nitrogens is 1. The van der Waals surface area contributed by atoms with Crippen LogP contribution >= 0.6 is 22.9 Å². The second-order valence-electron chi connectivity index (χ2n) is 5.11. The Morgan fingerprint density at radius 1 is 1.50 bits per heavy atom. The minimum atomic E-state index is -0.854. The van der Waals surface area contributed by atoms with E-state index in [1.807, 2.05) is 19.1 Å². The molecule has 0 saturated heterocycles. The van der Waals surface area contributed by atoms with Gasteiger partial charge in [0.25, 0.3) is 0 Å². The highest BCUT2D eigenvalue weighted by Crippen LogP contribution is 2.32. The molecule has 2 radical (unpaired) electrons. The molecule has 0 aliphatic carbocycles. The van der Waals surface area contributed by atoms with Crippen LogP contribution in [0.4, 0.5) is 9.93 Å². The smallest absolute Gasteiger partial charge is 0.321 e. The van der Waals surface area contributed by atoms with Gasteiger partial charge in [-0.25, -0.2) is 9.78 Å². The molecule has 1 aromatic carbocycles. The Labute approximate surface area is 150 Å². The van der Waals surface area contributed by atoms with E-state index in [0.29, 0.717) is 20.6 Å². The number of rotatable bonds is 5. The maximum atomic E-state index is 11.7. The molecule has 1 atom stereocenters. The number of aliphatic hydroxyl groups is 1. The van der Waals surface area contributed by atoms with Gasteiger partial charge in [-0.2, -0.15) is 0 Å². The van der Waals surface area contributed by atoms with Gasteiger partial charge < -0.3 is 10.4 Å². The lowest BCUT2D eigenvalue weighted by Gasteiger charge is -2.23. The number of amides is 2. The average Bonchev–Trinajstić information content (AvgIpc) is 2.93. The zero-order valence-corrected chi connectivity index (χ0v) is 14.5. The molecule has 0 spiro atoms. The maximum Gasteiger partial charge on any atom is 0.321 e. The summed E-state index contributed by atoms with van der Waals surface area (Å²) in [5.74, 6) is 2.73. The molecule has 5 nitrogen and oxygen atoms in total. The number of nitrogens with one attached hydrogen (secondary N) is 2. The van der Waals surface area contributed by atoms with Gasteiger partial charge in [-0.05, 0) is 29.4 Å². The number of halogens is 1. The van der Waals surface area contributed by atoms with E-state index in [0.717, 1.165) is 16.9 Å². The Kier molecular flexibility index (Phi) is 5.89. The predicted octanol–water partition coefficient (Wildman–Crippen LogP) is 1.64. The second kappa shape index (κ2) is 7.71. The third-order valence-electron chi connectivity index (χ3n) is 3.46. The Hall–Kier alpha value is -2.01. The van der Waals surface area contributed by atoms with Crippen LogP contribution < -0.4 is 15.4 Å². The first-order valence-electron chi connectivity index (χ1n) is 7.07. The first kappa shape index (κ1) is 18.3. The normalized spacial score (nSPS) is 12.9. The molecular weight excluding hydrogens is 345 g/mol. The maximum absolute atomic E-state index is 11.7. The number of nitrogens with zero attached hydrogens (tertiary/aromatic N) is 1. The van der Waals surface area contributed by atoms with Gasteiger partial charge >= 0.3 is 6.03 Å². The van der Waals surface area contributed by atoms with Crippen LogP contribution in [0.3, 0.4) is 0 Å². The summed E-state index contributed by atoms with van der Waals surface area (Å²) in [4.78, 5) is 16.0. The van der Waals surface area contributed by atoms with E-state index in [9.17, 15) is 4.79 Å². The molecular formula is C16H15BClN3O2S. The van der Waals surface area contributed by atoms with Crippen molar-refractivity contribution in [3.63, 3.8) is 0 Å². The lowest BCUT2D eigenvalue weighted by atomic mass is 9.77. The van der Waals surface area contributed by atoms with Gasteiger partial charge in [-0.1, -0.05) is 29.7 Å². The molecule has 2 aromatic rings. The van der Waals surface area contributed by atoms with Crippen molar-refractivity contribution < 1.29 is 9.90 Å². The summed E-state index contributed by atoms with van der Waals surface area (Å²) in [5, 5.41) is 14.7. The van der Waals surface area contributed by atoms with E-state index in [-0.39, 0.29) is 13.2 Å². The van der Waals surface area contributed by atoms with Crippen LogP contribution in [0.5, 0.6) is 0 Å². The molecule has 0 fully saturated rings. The SMILES string of the molecule is [B]c1sc(NC(=O)NCCO)nc1[C@@](C)(C#C)c1ccc(Cl)cc1. The minimum absolute atomic E-state index is 0.145. The molecule has 122 valence electrons. The molecule has 0 unspecified atom stereocenters. The van der Waals surface area contributed by atoms with Crippen molar-refractivity contribution in [2.24, 2.45) is 0 Å². The van der Waals surface area contributed by atoms with Crippen LogP contribution in [0.2, 0.25) is 5.02 Å². The summed E-state index contributed by atoms with van der Waals surface area (Å²) >= 11 is 7.05. The van der Waals surface area contributed by atoms with Crippen molar-refractivity contribution in [3.8, 4) is 12.3 Å². The van der Waals surface area contributed by atoms with Crippen LogP contribution in [0.25, 0.3) is 0 Å². The number of carbonyl (C=O) groups is 1. The quantitative estimate of drug-likeness (QED) is 0.561. The third kappa shape index (κ3) is 3.90. The fourth-order valence-corrected chi connectivity index (χ4v) is 3.09. The zero-order chi connectivity index (χ0) is 17.7. The van der Waals surface area contributed by atoms with Crippen LogP contribution in [0, 0.1) is 12.3 Å². The topological polar surface area (TPSA) is 74.2 Å². The van der Waals surface area contributed by atoms with Crippen LogP contribution in [0.1, 0.15) is 18.2 Å². The van der Waals surface area contributed by atoms with E-state index >= 15 is 0 Å². The van der Waals surface area contributed by atoms with Crippen molar-refractivity contribution in [1.29, 1.82) is 0 Å². The van der Waals surface area contributed by atoms with Gasteiger partial charge in [0, 0.05) is 11.6 Å². The summed E-state index contributed by atoms with van der Waals surface area (Å²) in [7, 11) is 6.07. The molecule has 0 saturated carbocycles. The Bertz CT molecular complexity index is 773. The average molecular weight is 360 g/mol. The molecule has 0 aliphatic heterocycles. The standard InChI is InChI=1S/C16H15BClN3O2S/c1-3-16(2,10-4-6-11(18)7-5-10)12-13(17)24-15(20-12)21-14(23)19-8-9-22/h1,4-7,22H,8-9H2,2H3,(H2,19,20,21,23)/t16-/m0/s1. The Morgan fingerprint density at radius 2 is 2.17 bits per heavy atom. The van der Waals surface area contributed by atoms with E-state index in [4.69, 9.17) is 31.0 Å². The summed E-state index contributed by atoms with van der Waals surface area (Å²) in [6, 6.07) is 6.66. The number of hydrogen-bond acceptors (Lipinski definition) is 4. The monoisotopic (exact) mass is 359 g/mol. The minimum Gasteiger partial charge on any atom is -0.395 e. The lowest BCUT2D eigenvalue weighted by Crippen LogP contribution is -2.31. The fourth-order valence-electron chi connectivity index (χ4n) is 2.13. The lowest BCUT2D eigenvalue weighted by molar-refractivity contribution is 0.245. The van der Waals surface area contributed by atoms with Crippen LogP contribution in [-0.2, 0) is 5.41 Å². The van der Waals surface area contributed by atoms with Crippen LogP contribution in [0.15, 0.2) is 24.3 Å². The largest absolute Gasteiger partial charge is 0.395 e. The highest BCUT2D eigenvalue weighted by molar-refractivity contribution is 7.23. The summed E-state index contributed by atoms with van der Waals surface area (Å²) in [6.45, 7) is 1.83. The number of thiazole rings is 1. The molecule has 2 rings (SSSR count). The predicted molar refractivity (Wildman–Crippen MR) is 98.3 cm³/mol. The van der Waals surface area contributed by atoms with Gasteiger partial charge in [0.05, 0.1) is 17.7 Å². The third-order valence-corrected chi connectivity index (χ3v) is 4.51. The number of aliphatic hydroxyl groups excluding tert-OH is 1. The van der Waals surface area contributed by atoms with Crippen molar-refractivity contribution >= 4 is 46.7 Å². The van der Waals surface area contributed by atoms with Gasteiger partial charge in [0.2, 0.25) is 0 Å². The number of anilines is 1. The first-order chi connectivity index (χ1) is 11.4. The fraction of sp³-hybridized carbons (Fsp3) is 0.250. The van der Waals surface area contributed by atoms with E-state index in [2.05, 4.69) is 21.5 Å². The molecule has 3 N–H and O–H groups in total. The number of benzene rings is 1. The number of urea groups is 1. The molecule has 24 heavy (non-hydrogen) atoms. The zero-order valence-electron chi connectivity index (χ0n) is 13.0. The van der Waals surface area contributed by atoms with Crippen molar-refractivity contribution in [2.75, 3.05) is 18.5 Å². The molecule has 1 aromatic heterocycles. The van der Waals surface area contributed by atoms with Gasteiger partial charge in [0.15, 0.2) is 5.13 Å². The van der Waals surface area contributed by atoms with Crippen molar-refractivity contribution in [3.05, 3.63) is 40.5 Å². The number of hydrogen-bond donors (Lipinski definition) is 3. The molecule has 0 aliphatic rings. The van der Waals surface area contributed by atoms with E-state index in [1.165, 1.54) is 0 Å². The molecule has 0 bridgehead atoms. The Morgan fingerprint density at radius 3 is 2.75 bits per heavy atom. The Balaban J connectivity index is 2.31. The van der Waals surface area contributed by atoms with Crippen molar-refractivity contribution in [1.82, 2.24) is 10.3 Å².